The number of hydrogen-bond acceptors (Lipinski definition) is 3. The summed E-state index contributed by atoms with van der Waals surface area (Å²) in [6, 6.07) is 1.69. The summed E-state index contributed by atoms with van der Waals surface area (Å²) in [6.45, 7) is 5.32. The van der Waals surface area contributed by atoms with Crippen LogP contribution < -0.4 is 4.72 Å². The summed E-state index contributed by atoms with van der Waals surface area (Å²) in [7, 11) is -3.45. The Morgan fingerprint density at radius 1 is 1.43 bits per heavy atom. The molecule has 0 saturated carbocycles. The second-order valence-corrected chi connectivity index (χ2v) is 5.36. The quantitative estimate of drug-likeness (QED) is 0.732. The van der Waals surface area contributed by atoms with Crippen LogP contribution in [0, 0.1) is 11.3 Å². The van der Waals surface area contributed by atoms with Crippen LogP contribution in [0.15, 0.2) is 0 Å². The molecule has 0 heterocycles. The SMILES string of the molecule is CCCC(CC)NS(=O)(=O)C(C)C#N. The Balaban J connectivity index is 4.42. The monoisotopic (exact) mass is 218 g/mol. The Labute approximate surface area is 86.4 Å². The molecule has 0 aliphatic carbocycles. The zero-order valence-electron chi connectivity index (χ0n) is 8.95. The lowest BCUT2D eigenvalue weighted by Gasteiger charge is -2.16. The number of nitriles is 1. The predicted molar refractivity (Wildman–Crippen MR) is 56.1 cm³/mol. The molecule has 0 aliphatic heterocycles. The zero-order valence-corrected chi connectivity index (χ0v) is 9.76. The van der Waals surface area contributed by atoms with Crippen molar-refractivity contribution in [1.82, 2.24) is 4.72 Å². The fraction of sp³-hybridized carbons (Fsp3) is 0.889. The molecule has 0 radical (unpaired) electrons. The molecule has 0 bridgehead atoms. The minimum Gasteiger partial charge on any atom is -0.211 e. The second kappa shape index (κ2) is 5.99. The largest absolute Gasteiger partial charge is 0.227 e. The molecule has 4 nitrogen and oxygen atoms in total. The predicted octanol–water partition coefficient (Wildman–Crippen LogP) is 1.40. The molecule has 0 aromatic rings. The fourth-order valence-corrected chi connectivity index (χ4v) is 2.19. The van der Waals surface area contributed by atoms with E-state index in [1.165, 1.54) is 6.92 Å². The third-order valence-electron chi connectivity index (χ3n) is 2.11. The van der Waals surface area contributed by atoms with E-state index in [0.29, 0.717) is 0 Å². The van der Waals surface area contributed by atoms with Crippen molar-refractivity contribution < 1.29 is 8.42 Å². The summed E-state index contributed by atoms with van der Waals surface area (Å²) in [5.41, 5.74) is 0. The van der Waals surface area contributed by atoms with E-state index >= 15 is 0 Å². The van der Waals surface area contributed by atoms with Crippen molar-refractivity contribution in [2.24, 2.45) is 0 Å². The van der Waals surface area contributed by atoms with E-state index < -0.39 is 15.3 Å². The summed E-state index contributed by atoms with van der Waals surface area (Å²) in [6.07, 6.45) is 2.50. The number of sulfonamides is 1. The van der Waals surface area contributed by atoms with Crippen LogP contribution in [0.3, 0.4) is 0 Å². The zero-order chi connectivity index (χ0) is 11.2. The van der Waals surface area contributed by atoms with Gasteiger partial charge >= 0.3 is 0 Å². The van der Waals surface area contributed by atoms with E-state index in [-0.39, 0.29) is 6.04 Å². The molecule has 14 heavy (non-hydrogen) atoms. The highest BCUT2D eigenvalue weighted by atomic mass is 32.2. The van der Waals surface area contributed by atoms with E-state index in [0.717, 1.165) is 19.3 Å². The highest BCUT2D eigenvalue weighted by molar-refractivity contribution is 7.90. The first kappa shape index (κ1) is 13.4. The average Bonchev–Trinajstić information content (AvgIpc) is 2.15. The number of hydrogen-bond donors (Lipinski definition) is 1. The van der Waals surface area contributed by atoms with Gasteiger partial charge in [-0.15, -0.1) is 0 Å². The first-order valence-electron chi connectivity index (χ1n) is 4.88. The van der Waals surface area contributed by atoms with E-state index in [1.807, 2.05) is 13.8 Å². The number of rotatable bonds is 6. The summed E-state index contributed by atoms with van der Waals surface area (Å²) in [5.74, 6) is 0. The smallest absolute Gasteiger partial charge is 0.211 e. The molecule has 82 valence electrons. The normalized spacial score (nSPS) is 15.9. The Hall–Kier alpha value is -0.600. The van der Waals surface area contributed by atoms with Gasteiger partial charge in [-0.05, 0) is 19.8 Å². The third kappa shape index (κ3) is 4.07. The van der Waals surface area contributed by atoms with Gasteiger partial charge in [-0.3, -0.25) is 0 Å². The molecule has 2 atom stereocenters. The van der Waals surface area contributed by atoms with Gasteiger partial charge in [0.25, 0.3) is 0 Å². The molecule has 0 aromatic heterocycles. The minimum absolute atomic E-state index is 0.0409. The maximum Gasteiger partial charge on any atom is 0.227 e. The van der Waals surface area contributed by atoms with Gasteiger partial charge in [-0.1, -0.05) is 20.3 Å². The molecular formula is C9H18N2O2S. The first-order chi connectivity index (χ1) is 6.47. The molecule has 0 aliphatic rings. The minimum atomic E-state index is -3.45. The van der Waals surface area contributed by atoms with Crippen LogP contribution in [0.2, 0.25) is 0 Å². The molecule has 0 amide bonds. The molecule has 0 saturated heterocycles. The van der Waals surface area contributed by atoms with Crippen LogP contribution in [0.5, 0.6) is 0 Å². The fourth-order valence-electron chi connectivity index (χ4n) is 1.10. The molecule has 0 spiro atoms. The molecule has 5 heteroatoms. The molecule has 0 rings (SSSR count). The Morgan fingerprint density at radius 3 is 2.36 bits per heavy atom. The average molecular weight is 218 g/mol. The first-order valence-corrected chi connectivity index (χ1v) is 6.43. The van der Waals surface area contributed by atoms with E-state index in [9.17, 15) is 8.42 Å². The maximum atomic E-state index is 11.5. The van der Waals surface area contributed by atoms with Gasteiger partial charge in [0.2, 0.25) is 10.0 Å². The summed E-state index contributed by atoms with van der Waals surface area (Å²) >= 11 is 0. The van der Waals surface area contributed by atoms with E-state index in [2.05, 4.69) is 4.72 Å². The summed E-state index contributed by atoms with van der Waals surface area (Å²) in [4.78, 5) is 0. The lowest BCUT2D eigenvalue weighted by molar-refractivity contribution is 0.510. The molecular weight excluding hydrogens is 200 g/mol. The molecule has 1 N–H and O–H groups in total. The lowest BCUT2D eigenvalue weighted by Crippen LogP contribution is -2.39. The van der Waals surface area contributed by atoms with Crippen LogP contribution in [0.25, 0.3) is 0 Å². The van der Waals surface area contributed by atoms with Gasteiger partial charge in [0.05, 0.1) is 6.07 Å². The molecule has 0 fully saturated rings. The highest BCUT2D eigenvalue weighted by Gasteiger charge is 2.22. The van der Waals surface area contributed by atoms with Crippen molar-refractivity contribution in [2.45, 2.75) is 51.3 Å². The Morgan fingerprint density at radius 2 is 2.00 bits per heavy atom. The summed E-state index contributed by atoms with van der Waals surface area (Å²) < 4.78 is 25.5. The summed E-state index contributed by atoms with van der Waals surface area (Å²) in [5, 5.41) is 7.54. The van der Waals surface area contributed by atoms with Crippen LogP contribution in [-0.4, -0.2) is 19.7 Å². The molecule has 2 unspecified atom stereocenters. The highest BCUT2D eigenvalue weighted by Crippen LogP contribution is 2.05. The van der Waals surface area contributed by atoms with Crippen molar-refractivity contribution >= 4 is 10.0 Å². The van der Waals surface area contributed by atoms with Crippen molar-refractivity contribution in [3.05, 3.63) is 0 Å². The van der Waals surface area contributed by atoms with Crippen LogP contribution in [0.1, 0.15) is 40.0 Å². The van der Waals surface area contributed by atoms with Gasteiger partial charge in [0, 0.05) is 6.04 Å². The van der Waals surface area contributed by atoms with Gasteiger partial charge in [0.15, 0.2) is 5.25 Å². The number of nitrogens with one attached hydrogen (secondary N) is 1. The van der Waals surface area contributed by atoms with Crippen molar-refractivity contribution in [3.63, 3.8) is 0 Å². The van der Waals surface area contributed by atoms with Crippen molar-refractivity contribution in [3.8, 4) is 6.07 Å². The maximum absolute atomic E-state index is 11.5. The van der Waals surface area contributed by atoms with Gasteiger partial charge in [0.1, 0.15) is 0 Å². The third-order valence-corrected chi connectivity index (χ3v) is 3.81. The van der Waals surface area contributed by atoms with Crippen molar-refractivity contribution in [1.29, 1.82) is 5.26 Å². The lowest BCUT2D eigenvalue weighted by atomic mass is 10.1. The Bertz CT molecular complexity index is 292. The van der Waals surface area contributed by atoms with Crippen molar-refractivity contribution in [2.75, 3.05) is 0 Å². The van der Waals surface area contributed by atoms with Crippen LogP contribution in [0.4, 0.5) is 0 Å². The van der Waals surface area contributed by atoms with Crippen LogP contribution >= 0.6 is 0 Å². The van der Waals surface area contributed by atoms with E-state index in [1.54, 1.807) is 6.07 Å². The Kier molecular flexibility index (Phi) is 5.73. The molecule has 0 aromatic carbocycles. The number of nitrogens with zero attached hydrogens (tertiary/aromatic N) is 1. The van der Waals surface area contributed by atoms with E-state index in [4.69, 9.17) is 5.26 Å². The van der Waals surface area contributed by atoms with Gasteiger partial charge in [-0.2, -0.15) is 5.26 Å². The van der Waals surface area contributed by atoms with Crippen LogP contribution in [-0.2, 0) is 10.0 Å². The van der Waals surface area contributed by atoms with Gasteiger partial charge < -0.3 is 0 Å². The topological polar surface area (TPSA) is 70.0 Å². The second-order valence-electron chi connectivity index (χ2n) is 3.33. The standard InChI is InChI=1S/C9H18N2O2S/c1-4-6-9(5-2)11-14(12,13)8(3)7-10/h8-9,11H,4-6H2,1-3H3. The van der Waals surface area contributed by atoms with Gasteiger partial charge in [-0.25, -0.2) is 13.1 Å².